The first-order valence-corrected chi connectivity index (χ1v) is 15.0. The second-order valence-corrected chi connectivity index (χ2v) is 12.0. The van der Waals surface area contributed by atoms with Crippen molar-refractivity contribution >= 4 is 28.7 Å². The van der Waals surface area contributed by atoms with Gasteiger partial charge in [0.25, 0.3) is 0 Å². The first-order valence-electron chi connectivity index (χ1n) is 15.0. The number of amides is 1. The lowest BCUT2D eigenvalue weighted by Gasteiger charge is -2.33. The van der Waals surface area contributed by atoms with Crippen molar-refractivity contribution in [2.75, 3.05) is 38.2 Å². The lowest BCUT2D eigenvalue weighted by atomic mass is 9.81. The largest absolute Gasteiger partial charge is 0.478 e. The monoisotopic (exact) mass is 543 g/mol. The lowest BCUT2D eigenvalue weighted by Crippen LogP contribution is -2.39. The highest BCUT2D eigenvalue weighted by Gasteiger charge is 2.31. The molecule has 2 fully saturated rings. The minimum Gasteiger partial charge on any atom is -0.478 e. The van der Waals surface area contributed by atoms with Crippen LogP contribution >= 0.6 is 0 Å². The topological polar surface area (TPSA) is 75.0 Å². The molecule has 40 heavy (non-hydrogen) atoms. The molecule has 7 heteroatoms. The van der Waals surface area contributed by atoms with Gasteiger partial charge in [-0.05, 0) is 80.2 Å². The molecule has 1 amide bonds. The maximum atomic E-state index is 11.9. The predicted molar refractivity (Wildman–Crippen MR) is 158 cm³/mol. The highest BCUT2D eigenvalue weighted by molar-refractivity contribution is 5.99. The molecule has 1 aliphatic carbocycles. The van der Waals surface area contributed by atoms with Gasteiger partial charge in [0, 0.05) is 54.9 Å². The Labute approximate surface area is 236 Å². The summed E-state index contributed by atoms with van der Waals surface area (Å²) in [7, 11) is 1.45. The van der Waals surface area contributed by atoms with Crippen LogP contribution in [0.25, 0.3) is 22.2 Å². The third-order valence-electron chi connectivity index (χ3n) is 9.56. The zero-order valence-corrected chi connectivity index (χ0v) is 23.8. The van der Waals surface area contributed by atoms with Crippen molar-refractivity contribution in [1.29, 1.82) is 0 Å². The van der Waals surface area contributed by atoms with Gasteiger partial charge < -0.3 is 24.2 Å². The zero-order chi connectivity index (χ0) is 27.8. The minimum atomic E-state index is -0.874. The van der Waals surface area contributed by atoms with E-state index < -0.39 is 5.97 Å². The molecule has 1 saturated carbocycles. The third kappa shape index (κ3) is 4.95. The number of nitrogens with zero attached hydrogens (tertiary/aromatic N) is 3. The van der Waals surface area contributed by atoms with E-state index in [0.29, 0.717) is 17.4 Å². The van der Waals surface area contributed by atoms with Crippen molar-refractivity contribution in [1.82, 2.24) is 9.47 Å². The Balaban J connectivity index is 1.36. The van der Waals surface area contributed by atoms with E-state index in [4.69, 9.17) is 4.74 Å². The van der Waals surface area contributed by atoms with Crippen molar-refractivity contribution in [3.8, 4) is 11.3 Å². The molecule has 212 valence electrons. The smallest absolute Gasteiger partial charge is 0.409 e. The Morgan fingerprint density at radius 2 is 1.73 bits per heavy atom. The van der Waals surface area contributed by atoms with Crippen LogP contribution in [0.1, 0.15) is 78.8 Å². The summed E-state index contributed by atoms with van der Waals surface area (Å²) in [6.45, 7) is 6.39. The number of fused-ring (bicyclic) bond motifs is 5. The van der Waals surface area contributed by atoms with Crippen molar-refractivity contribution < 1.29 is 19.4 Å². The van der Waals surface area contributed by atoms with Crippen LogP contribution < -0.4 is 4.90 Å². The van der Waals surface area contributed by atoms with E-state index in [2.05, 4.69) is 40.7 Å². The number of carboxylic acid groups (broad SMARTS) is 1. The summed E-state index contributed by atoms with van der Waals surface area (Å²) in [6, 6.07) is 12.6. The molecule has 2 aromatic carbocycles. The number of ether oxygens (including phenoxy) is 1. The molecule has 7 nitrogen and oxygen atoms in total. The van der Waals surface area contributed by atoms with Crippen LogP contribution in [0, 0.1) is 12.8 Å². The summed E-state index contributed by atoms with van der Waals surface area (Å²) < 4.78 is 7.34. The van der Waals surface area contributed by atoms with E-state index >= 15 is 0 Å². The van der Waals surface area contributed by atoms with Crippen LogP contribution in [0.15, 0.2) is 36.4 Å². The highest BCUT2D eigenvalue weighted by atomic mass is 16.5. The second kappa shape index (κ2) is 11.2. The molecule has 0 bridgehead atoms. The van der Waals surface area contributed by atoms with Crippen LogP contribution in [0.2, 0.25) is 0 Å². The van der Waals surface area contributed by atoms with Gasteiger partial charge in [0.2, 0.25) is 0 Å². The molecule has 1 aromatic heterocycles. The molecule has 3 aromatic rings. The fourth-order valence-corrected chi connectivity index (χ4v) is 7.39. The molecule has 0 radical (unpaired) electrons. The second-order valence-electron chi connectivity index (χ2n) is 12.0. The number of likely N-dealkylation sites (tertiary alicyclic amines) is 1. The van der Waals surface area contributed by atoms with Crippen molar-refractivity contribution in [3.63, 3.8) is 0 Å². The fourth-order valence-electron chi connectivity index (χ4n) is 7.39. The summed E-state index contributed by atoms with van der Waals surface area (Å²) in [6.07, 6.45) is 9.11. The van der Waals surface area contributed by atoms with Gasteiger partial charge in [-0.15, -0.1) is 0 Å². The maximum Gasteiger partial charge on any atom is 0.409 e. The molecule has 0 spiro atoms. The van der Waals surface area contributed by atoms with E-state index in [-0.39, 0.29) is 6.09 Å². The molecule has 3 aliphatic rings. The Kier molecular flexibility index (Phi) is 7.47. The standard InChI is InChI=1S/C33H41N3O4/c1-22-8-10-27-28(20-22)34(15-12-23-13-16-35(17-14-23)33(39)40-2)18-19-36-29-21-25(32(37)38)9-11-26(29)30(31(27)36)24-6-4-3-5-7-24/h8-11,20-21,23-24H,3-7,12-19H2,1-2H3,(H,37,38). The summed E-state index contributed by atoms with van der Waals surface area (Å²) in [4.78, 5) is 28.2. The van der Waals surface area contributed by atoms with E-state index in [0.717, 1.165) is 57.5 Å². The van der Waals surface area contributed by atoms with E-state index in [9.17, 15) is 14.7 Å². The fraction of sp³-hybridized carbons (Fsp3) is 0.515. The van der Waals surface area contributed by atoms with Crippen LogP contribution in [0.4, 0.5) is 10.5 Å². The van der Waals surface area contributed by atoms with Gasteiger partial charge in [0.15, 0.2) is 0 Å². The van der Waals surface area contributed by atoms with Gasteiger partial charge in [0.1, 0.15) is 0 Å². The van der Waals surface area contributed by atoms with Crippen LogP contribution in [-0.4, -0.2) is 59.9 Å². The van der Waals surface area contributed by atoms with Gasteiger partial charge in [0.05, 0.1) is 18.4 Å². The van der Waals surface area contributed by atoms with Gasteiger partial charge >= 0.3 is 12.1 Å². The number of carbonyl (C=O) groups is 2. The normalized spacial score (nSPS) is 18.4. The first-order chi connectivity index (χ1) is 19.4. The summed E-state index contributed by atoms with van der Waals surface area (Å²) >= 11 is 0. The molecule has 1 N–H and O–H groups in total. The Morgan fingerprint density at radius 1 is 0.950 bits per heavy atom. The Morgan fingerprint density at radius 3 is 2.45 bits per heavy atom. The number of hydrogen-bond donors (Lipinski definition) is 1. The molecule has 2 aliphatic heterocycles. The summed E-state index contributed by atoms with van der Waals surface area (Å²) in [5.74, 6) is 0.221. The number of rotatable bonds is 5. The van der Waals surface area contributed by atoms with Crippen LogP contribution in [-0.2, 0) is 11.3 Å². The average molecular weight is 544 g/mol. The number of piperidine rings is 1. The van der Waals surface area contributed by atoms with Gasteiger partial charge in [-0.3, -0.25) is 0 Å². The summed E-state index contributed by atoms with van der Waals surface area (Å²) in [5.41, 5.74) is 7.96. The van der Waals surface area contributed by atoms with Crippen molar-refractivity contribution in [3.05, 3.63) is 53.1 Å². The first kappa shape index (κ1) is 26.7. The van der Waals surface area contributed by atoms with Crippen molar-refractivity contribution in [2.24, 2.45) is 5.92 Å². The number of aromatic carboxylic acids is 1. The number of carbonyl (C=O) groups excluding carboxylic acids is 1. The molecular weight excluding hydrogens is 502 g/mol. The summed E-state index contributed by atoms with van der Waals surface area (Å²) in [5, 5.41) is 11.0. The van der Waals surface area contributed by atoms with E-state index in [1.807, 2.05) is 11.0 Å². The lowest BCUT2D eigenvalue weighted by molar-refractivity contribution is 0.0697. The van der Waals surface area contributed by atoms with Crippen LogP contribution in [0.5, 0.6) is 0 Å². The van der Waals surface area contributed by atoms with E-state index in [1.54, 1.807) is 6.07 Å². The highest BCUT2D eigenvalue weighted by Crippen LogP contribution is 2.47. The van der Waals surface area contributed by atoms with Crippen LogP contribution in [0.3, 0.4) is 0 Å². The third-order valence-corrected chi connectivity index (χ3v) is 9.56. The zero-order valence-electron chi connectivity index (χ0n) is 23.8. The predicted octanol–water partition coefficient (Wildman–Crippen LogP) is 7.05. The number of hydrogen-bond acceptors (Lipinski definition) is 4. The molecular formula is C33H41N3O4. The van der Waals surface area contributed by atoms with Gasteiger partial charge in [-0.2, -0.15) is 0 Å². The number of benzene rings is 2. The molecule has 0 atom stereocenters. The molecule has 1 saturated heterocycles. The molecule has 0 unspecified atom stereocenters. The van der Waals surface area contributed by atoms with E-state index in [1.165, 1.54) is 72.7 Å². The molecule has 3 heterocycles. The maximum absolute atomic E-state index is 11.9. The van der Waals surface area contributed by atoms with Gasteiger partial charge in [-0.25, -0.2) is 9.59 Å². The van der Waals surface area contributed by atoms with Crippen molar-refractivity contribution in [2.45, 2.75) is 70.8 Å². The number of anilines is 1. The number of carboxylic acids is 1. The quantitative estimate of drug-likeness (QED) is 0.373. The number of aromatic nitrogens is 1. The number of methoxy groups -OCH3 is 1. The Bertz CT molecular complexity index is 1410. The van der Waals surface area contributed by atoms with Gasteiger partial charge in [-0.1, -0.05) is 37.5 Å². The molecule has 6 rings (SSSR count). The minimum absolute atomic E-state index is 0.218. The Hall–Kier alpha value is -3.48. The average Bonchev–Trinajstić information content (AvgIpc) is 3.21. The SMILES string of the molecule is COC(=O)N1CCC(CCN2CCn3c(c(C4CCCCC4)c4ccc(C(=O)O)cc43)-c3ccc(C)cc32)CC1. The number of aryl methyl sites for hydroxylation is 1.